The lowest BCUT2D eigenvalue weighted by Crippen LogP contribution is -2.30. The highest BCUT2D eigenvalue weighted by Crippen LogP contribution is 2.34. The fourth-order valence-corrected chi connectivity index (χ4v) is 3.32. The summed E-state index contributed by atoms with van der Waals surface area (Å²) in [6.45, 7) is 0.250. The third-order valence-corrected chi connectivity index (χ3v) is 4.45. The molecule has 0 aromatic heterocycles. The van der Waals surface area contributed by atoms with Crippen molar-refractivity contribution < 1.29 is 0 Å². The molecular formula is C14H32N4. The summed E-state index contributed by atoms with van der Waals surface area (Å²) >= 11 is 0. The van der Waals surface area contributed by atoms with E-state index < -0.39 is 0 Å². The van der Waals surface area contributed by atoms with Gasteiger partial charge in [-0.3, -0.25) is 0 Å². The maximum Gasteiger partial charge on any atom is 0.0403 e. The molecule has 0 saturated heterocycles. The second-order valence-electron chi connectivity index (χ2n) is 6.03. The molecule has 0 aromatic rings. The van der Waals surface area contributed by atoms with Gasteiger partial charge in [0, 0.05) is 18.8 Å². The van der Waals surface area contributed by atoms with E-state index in [9.17, 15) is 0 Å². The molecule has 4 nitrogen and oxygen atoms in total. The van der Waals surface area contributed by atoms with E-state index in [-0.39, 0.29) is 6.67 Å². The smallest absolute Gasteiger partial charge is 0.0403 e. The van der Waals surface area contributed by atoms with Gasteiger partial charge in [0.2, 0.25) is 0 Å². The van der Waals surface area contributed by atoms with Crippen LogP contribution in [-0.4, -0.2) is 18.8 Å². The summed E-state index contributed by atoms with van der Waals surface area (Å²) in [5.74, 6) is 1.95. The van der Waals surface area contributed by atoms with Gasteiger partial charge in [0.25, 0.3) is 0 Å². The normalized spacial score (nSPS) is 36.7. The topological polar surface area (TPSA) is 104 Å². The van der Waals surface area contributed by atoms with Gasteiger partial charge in [0.05, 0.1) is 0 Å². The Hall–Kier alpha value is -0.160. The lowest BCUT2D eigenvalue weighted by Gasteiger charge is -2.32. The van der Waals surface area contributed by atoms with Gasteiger partial charge in [-0.25, -0.2) is 0 Å². The van der Waals surface area contributed by atoms with Crippen LogP contribution in [0.25, 0.3) is 0 Å². The van der Waals surface area contributed by atoms with Crippen LogP contribution in [0.3, 0.4) is 0 Å². The fraction of sp³-hybridized carbons (Fsp3) is 1.00. The Labute approximate surface area is 112 Å². The maximum atomic E-state index is 5.93. The monoisotopic (exact) mass is 256 g/mol. The summed E-state index contributed by atoms with van der Waals surface area (Å²) in [7, 11) is 0. The van der Waals surface area contributed by atoms with Gasteiger partial charge in [-0.15, -0.1) is 0 Å². The van der Waals surface area contributed by atoms with E-state index in [1.54, 1.807) is 0 Å². The molecule has 0 radical (unpaired) electrons. The minimum Gasteiger partial charge on any atom is -0.328 e. The van der Waals surface area contributed by atoms with Gasteiger partial charge in [-0.1, -0.05) is 0 Å². The van der Waals surface area contributed by atoms with Crippen molar-refractivity contribution in [1.29, 1.82) is 0 Å². The van der Waals surface area contributed by atoms with E-state index in [1.165, 1.54) is 57.8 Å². The second kappa shape index (κ2) is 8.86. The Bertz CT molecular complexity index is 174. The molecule has 2 aliphatic rings. The highest BCUT2D eigenvalue weighted by molar-refractivity contribution is 4.80. The molecular weight excluding hydrogens is 224 g/mol. The van der Waals surface area contributed by atoms with Crippen molar-refractivity contribution in [2.75, 3.05) is 6.67 Å². The van der Waals surface area contributed by atoms with Gasteiger partial charge >= 0.3 is 0 Å². The summed E-state index contributed by atoms with van der Waals surface area (Å²) in [5, 5.41) is 0. The van der Waals surface area contributed by atoms with Crippen molar-refractivity contribution in [3.05, 3.63) is 0 Å². The highest BCUT2D eigenvalue weighted by Gasteiger charge is 2.24. The SMILES string of the molecule is NC1CCC(CC2CCC(N)CC2)CC1.NCN. The molecule has 0 aromatic carbocycles. The van der Waals surface area contributed by atoms with Crippen LogP contribution >= 0.6 is 0 Å². The fourth-order valence-electron chi connectivity index (χ4n) is 3.32. The van der Waals surface area contributed by atoms with Crippen molar-refractivity contribution in [3.63, 3.8) is 0 Å². The first-order chi connectivity index (χ1) is 8.65. The van der Waals surface area contributed by atoms with Crippen molar-refractivity contribution in [1.82, 2.24) is 0 Å². The molecule has 4 heteroatoms. The summed E-state index contributed by atoms with van der Waals surface area (Å²) in [5.41, 5.74) is 21.1. The first-order valence-electron chi connectivity index (χ1n) is 7.57. The molecule has 8 N–H and O–H groups in total. The number of hydrogen-bond acceptors (Lipinski definition) is 4. The zero-order valence-corrected chi connectivity index (χ0v) is 11.7. The van der Waals surface area contributed by atoms with Gasteiger partial charge in [-0.2, -0.15) is 0 Å². The number of nitrogens with two attached hydrogens (primary N) is 4. The molecule has 0 atom stereocenters. The Kier molecular flexibility index (Phi) is 7.82. The summed E-state index contributed by atoms with van der Waals surface area (Å²) < 4.78 is 0. The summed E-state index contributed by atoms with van der Waals surface area (Å²) in [6, 6.07) is 1.00. The Morgan fingerprint density at radius 2 is 0.889 bits per heavy atom. The molecule has 0 aliphatic heterocycles. The van der Waals surface area contributed by atoms with E-state index in [1.807, 2.05) is 0 Å². The Morgan fingerprint density at radius 1 is 0.611 bits per heavy atom. The van der Waals surface area contributed by atoms with Crippen molar-refractivity contribution >= 4 is 0 Å². The number of rotatable bonds is 2. The van der Waals surface area contributed by atoms with Crippen LogP contribution < -0.4 is 22.9 Å². The van der Waals surface area contributed by atoms with Crippen LogP contribution in [0.15, 0.2) is 0 Å². The Morgan fingerprint density at radius 3 is 1.17 bits per heavy atom. The largest absolute Gasteiger partial charge is 0.328 e. The van der Waals surface area contributed by atoms with Crippen LogP contribution in [0.4, 0.5) is 0 Å². The first kappa shape index (κ1) is 15.9. The predicted molar refractivity (Wildman–Crippen MR) is 77.7 cm³/mol. The predicted octanol–water partition coefficient (Wildman–Crippen LogP) is 1.27. The van der Waals surface area contributed by atoms with Crippen LogP contribution in [0, 0.1) is 11.8 Å². The molecule has 0 spiro atoms. The second-order valence-corrected chi connectivity index (χ2v) is 6.03. The third kappa shape index (κ3) is 6.14. The number of hydrogen-bond donors (Lipinski definition) is 4. The van der Waals surface area contributed by atoms with Crippen LogP contribution in [0.2, 0.25) is 0 Å². The zero-order valence-electron chi connectivity index (χ0n) is 11.7. The molecule has 0 heterocycles. The van der Waals surface area contributed by atoms with Gasteiger partial charge < -0.3 is 22.9 Å². The molecule has 2 aliphatic carbocycles. The highest BCUT2D eigenvalue weighted by atomic mass is 14.7. The minimum absolute atomic E-state index is 0.250. The van der Waals surface area contributed by atoms with E-state index in [0.717, 1.165) is 11.8 Å². The van der Waals surface area contributed by atoms with E-state index in [0.29, 0.717) is 12.1 Å². The average molecular weight is 256 g/mol. The van der Waals surface area contributed by atoms with Crippen molar-refractivity contribution in [2.45, 2.75) is 69.9 Å². The van der Waals surface area contributed by atoms with E-state index >= 15 is 0 Å². The lowest BCUT2D eigenvalue weighted by atomic mass is 9.76. The van der Waals surface area contributed by atoms with Crippen LogP contribution in [0.5, 0.6) is 0 Å². The minimum atomic E-state index is 0.250. The molecule has 18 heavy (non-hydrogen) atoms. The summed E-state index contributed by atoms with van der Waals surface area (Å²) in [6.07, 6.45) is 12.0. The molecule has 2 fully saturated rings. The first-order valence-corrected chi connectivity index (χ1v) is 7.57. The van der Waals surface area contributed by atoms with E-state index in [2.05, 4.69) is 11.5 Å². The molecule has 0 bridgehead atoms. The Balaban J connectivity index is 0.000000492. The lowest BCUT2D eigenvalue weighted by molar-refractivity contribution is 0.225. The van der Waals surface area contributed by atoms with Crippen molar-refractivity contribution in [3.8, 4) is 0 Å². The molecule has 0 amide bonds. The van der Waals surface area contributed by atoms with Gasteiger partial charge in [-0.05, 0) is 69.6 Å². The average Bonchev–Trinajstić information content (AvgIpc) is 2.36. The van der Waals surface area contributed by atoms with Crippen LogP contribution in [0.1, 0.15) is 57.8 Å². The van der Waals surface area contributed by atoms with Gasteiger partial charge in [0.15, 0.2) is 0 Å². The van der Waals surface area contributed by atoms with Crippen LogP contribution in [-0.2, 0) is 0 Å². The summed E-state index contributed by atoms with van der Waals surface area (Å²) in [4.78, 5) is 0. The molecule has 0 unspecified atom stereocenters. The zero-order chi connectivity index (χ0) is 13.4. The van der Waals surface area contributed by atoms with E-state index in [4.69, 9.17) is 11.5 Å². The van der Waals surface area contributed by atoms with Crippen molar-refractivity contribution in [2.24, 2.45) is 34.8 Å². The third-order valence-electron chi connectivity index (χ3n) is 4.45. The molecule has 2 rings (SSSR count). The van der Waals surface area contributed by atoms with Gasteiger partial charge in [0.1, 0.15) is 0 Å². The maximum absolute atomic E-state index is 5.93. The molecule has 2 saturated carbocycles. The molecule has 108 valence electrons. The quantitative estimate of drug-likeness (QED) is 0.558. The standard InChI is InChI=1S/C13H26N2.CH6N2/c14-12-5-1-10(2-6-12)9-11-3-7-13(15)8-4-11;2-1-3/h10-13H,1-9,14-15H2;1-3H2.